The number of nitrogens with zero attached hydrogens (tertiary/aromatic N) is 1. The molecule has 1 saturated heterocycles. The Morgan fingerprint density at radius 1 is 1.15 bits per heavy atom. The second kappa shape index (κ2) is 5.38. The van der Waals surface area contributed by atoms with E-state index in [9.17, 15) is 9.59 Å². The minimum Gasteiger partial charge on any atom is -0.343 e. The molecule has 1 aliphatic heterocycles. The summed E-state index contributed by atoms with van der Waals surface area (Å²) >= 11 is 0. The number of hydrogen-bond donors (Lipinski definition) is 1. The number of rotatable bonds is 6. The van der Waals surface area contributed by atoms with E-state index in [1.54, 1.807) is 0 Å². The molecule has 112 valence electrons. The van der Waals surface area contributed by atoms with E-state index >= 15 is 0 Å². The number of carbonyl (C=O) groups excluding carboxylic acids is 2. The summed E-state index contributed by atoms with van der Waals surface area (Å²) in [6.07, 6.45) is 6.05. The first-order valence-corrected chi connectivity index (χ1v) is 8.12. The Morgan fingerprint density at radius 2 is 1.75 bits per heavy atom. The van der Waals surface area contributed by atoms with Crippen LogP contribution in [0.15, 0.2) is 0 Å². The normalized spacial score (nSPS) is 27.4. The van der Waals surface area contributed by atoms with Gasteiger partial charge in [-0.05, 0) is 55.8 Å². The summed E-state index contributed by atoms with van der Waals surface area (Å²) in [4.78, 5) is 26.2. The molecule has 1 atom stereocenters. The Balaban J connectivity index is 1.64. The maximum atomic E-state index is 12.5. The first kappa shape index (κ1) is 13.9. The van der Waals surface area contributed by atoms with Crippen LogP contribution in [0.5, 0.6) is 0 Å². The molecule has 2 saturated carbocycles. The molecule has 3 fully saturated rings. The average Bonchev–Trinajstić information content (AvgIpc) is 3.25. The van der Waals surface area contributed by atoms with Crippen molar-refractivity contribution in [2.75, 3.05) is 13.1 Å². The van der Waals surface area contributed by atoms with Crippen molar-refractivity contribution in [3.05, 3.63) is 0 Å². The molecule has 0 aromatic heterocycles. The van der Waals surface area contributed by atoms with Crippen LogP contribution in [0, 0.1) is 23.7 Å². The molecule has 4 heteroatoms. The van der Waals surface area contributed by atoms with Crippen molar-refractivity contribution >= 4 is 11.8 Å². The predicted octanol–water partition coefficient (Wildman–Crippen LogP) is 1.80. The highest BCUT2D eigenvalue weighted by Crippen LogP contribution is 2.49. The summed E-state index contributed by atoms with van der Waals surface area (Å²) < 4.78 is 0. The zero-order valence-electron chi connectivity index (χ0n) is 12.6. The number of nitrogens with one attached hydrogen (secondary N) is 1. The van der Waals surface area contributed by atoms with Gasteiger partial charge in [-0.25, -0.2) is 0 Å². The molecule has 3 rings (SSSR count). The number of hydrogen-bond acceptors (Lipinski definition) is 2. The Kier molecular flexibility index (Phi) is 3.74. The minimum absolute atomic E-state index is 0.0144. The van der Waals surface area contributed by atoms with Gasteiger partial charge in [0.2, 0.25) is 11.8 Å². The Morgan fingerprint density at radius 3 is 2.25 bits per heavy atom. The third-order valence-corrected chi connectivity index (χ3v) is 4.87. The van der Waals surface area contributed by atoms with Gasteiger partial charge in [0.25, 0.3) is 0 Å². The lowest BCUT2D eigenvalue weighted by atomic mass is 9.95. The minimum atomic E-state index is -0.296. The van der Waals surface area contributed by atoms with Gasteiger partial charge in [-0.1, -0.05) is 13.8 Å². The summed E-state index contributed by atoms with van der Waals surface area (Å²) in [5.41, 5.74) is 0. The fraction of sp³-hybridized carbons (Fsp3) is 0.875. The lowest BCUT2D eigenvalue weighted by molar-refractivity contribution is -0.145. The van der Waals surface area contributed by atoms with E-state index < -0.39 is 0 Å². The fourth-order valence-electron chi connectivity index (χ4n) is 3.55. The van der Waals surface area contributed by atoms with Crippen molar-refractivity contribution in [1.82, 2.24) is 10.2 Å². The highest BCUT2D eigenvalue weighted by Gasteiger charge is 2.44. The van der Waals surface area contributed by atoms with E-state index in [1.807, 2.05) is 4.90 Å². The van der Waals surface area contributed by atoms with E-state index in [4.69, 9.17) is 0 Å². The largest absolute Gasteiger partial charge is 0.343 e. The lowest BCUT2D eigenvalue weighted by Crippen LogP contribution is -2.59. The monoisotopic (exact) mass is 278 g/mol. The quantitative estimate of drug-likeness (QED) is 0.805. The molecule has 3 aliphatic rings. The molecule has 0 aromatic carbocycles. The van der Waals surface area contributed by atoms with Crippen LogP contribution >= 0.6 is 0 Å². The van der Waals surface area contributed by atoms with Crippen LogP contribution in [0.2, 0.25) is 0 Å². The molecule has 0 radical (unpaired) electrons. The second-order valence-corrected chi connectivity index (χ2v) is 7.31. The van der Waals surface area contributed by atoms with Gasteiger partial charge >= 0.3 is 0 Å². The molecule has 0 aromatic rings. The third kappa shape index (κ3) is 3.15. The molecule has 1 heterocycles. The topological polar surface area (TPSA) is 49.4 Å². The van der Waals surface area contributed by atoms with Crippen LogP contribution in [0.1, 0.15) is 46.0 Å². The third-order valence-electron chi connectivity index (χ3n) is 4.87. The van der Waals surface area contributed by atoms with Crippen LogP contribution in [0.3, 0.4) is 0 Å². The first-order chi connectivity index (χ1) is 9.54. The highest BCUT2D eigenvalue weighted by molar-refractivity contribution is 5.94. The average molecular weight is 278 g/mol. The molecule has 0 bridgehead atoms. The van der Waals surface area contributed by atoms with Gasteiger partial charge in [0.15, 0.2) is 0 Å². The lowest BCUT2D eigenvalue weighted by Gasteiger charge is -2.35. The smallest absolute Gasteiger partial charge is 0.245 e. The standard InChI is InChI=1S/C16H26N2O2/c1-10(2)7-14-16(20)18(9-15(19)17-14)8-13(11-3-4-11)12-5-6-12/h10-14H,3-9H2,1-2H3,(H,17,19). The molecule has 0 spiro atoms. The molecule has 2 amide bonds. The van der Waals surface area contributed by atoms with Gasteiger partial charge in [-0.2, -0.15) is 0 Å². The second-order valence-electron chi connectivity index (χ2n) is 7.31. The van der Waals surface area contributed by atoms with Gasteiger partial charge in [0.05, 0.1) is 6.54 Å². The highest BCUT2D eigenvalue weighted by atomic mass is 16.2. The maximum absolute atomic E-state index is 12.5. The number of carbonyl (C=O) groups is 2. The van der Waals surface area contributed by atoms with Crippen molar-refractivity contribution in [3.8, 4) is 0 Å². The van der Waals surface area contributed by atoms with E-state index in [-0.39, 0.29) is 24.4 Å². The Labute approximate surface area is 121 Å². The van der Waals surface area contributed by atoms with E-state index in [0.29, 0.717) is 11.8 Å². The van der Waals surface area contributed by atoms with Crippen molar-refractivity contribution in [3.63, 3.8) is 0 Å². The van der Waals surface area contributed by atoms with Gasteiger partial charge in [-0.3, -0.25) is 9.59 Å². The van der Waals surface area contributed by atoms with Gasteiger partial charge in [0.1, 0.15) is 6.04 Å². The molecular formula is C16H26N2O2. The molecule has 1 N–H and O–H groups in total. The SMILES string of the molecule is CC(C)CC1NC(=O)CN(CC(C2CC2)C2CC2)C1=O. The Hall–Kier alpha value is -1.06. The van der Waals surface area contributed by atoms with Crippen molar-refractivity contribution in [1.29, 1.82) is 0 Å². The first-order valence-electron chi connectivity index (χ1n) is 8.12. The Bertz CT molecular complexity index is 387. The summed E-state index contributed by atoms with van der Waals surface area (Å²) in [6.45, 7) is 5.27. The number of amides is 2. The van der Waals surface area contributed by atoms with Crippen molar-refractivity contribution < 1.29 is 9.59 Å². The summed E-state index contributed by atoms with van der Waals surface area (Å²) in [6, 6.07) is -0.296. The van der Waals surface area contributed by atoms with Crippen LogP contribution < -0.4 is 5.32 Å². The van der Waals surface area contributed by atoms with E-state index in [0.717, 1.165) is 24.8 Å². The maximum Gasteiger partial charge on any atom is 0.245 e. The summed E-state index contributed by atoms with van der Waals surface area (Å²) in [5, 5.41) is 2.86. The van der Waals surface area contributed by atoms with Crippen molar-refractivity contribution in [2.45, 2.75) is 52.0 Å². The van der Waals surface area contributed by atoms with Crippen LogP contribution in [-0.4, -0.2) is 35.8 Å². The van der Waals surface area contributed by atoms with E-state index in [2.05, 4.69) is 19.2 Å². The zero-order chi connectivity index (χ0) is 14.3. The summed E-state index contributed by atoms with van der Waals surface area (Å²) in [7, 11) is 0. The fourth-order valence-corrected chi connectivity index (χ4v) is 3.55. The molecular weight excluding hydrogens is 252 g/mol. The zero-order valence-corrected chi connectivity index (χ0v) is 12.6. The van der Waals surface area contributed by atoms with Crippen molar-refractivity contribution in [2.24, 2.45) is 23.7 Å². The van der Waals surface area contributed by atoms with Crippen LogP contribution in [0.25, 0.3) is 0 Å². The van der Waals surface area contributed by atoms with Gasteiger partial charge in [0, 0.05) is 6.54 Å². The van der Waals surface area contributed by atoms with E-state index in [1.165, 1.54) is 25.7 Å². The van der Waals surface area contributed by atoms with Gasteiger partial charge < -0.3 is 10.2 Å². The molecule has 20 heavy (non-hydrogen) atoms. The van der Waals surface area contributed by atoms with Crippen LogP contribution in [-0.2, 0) is 9.59 Å². The predicted molar refractivity (Wildman–Crippen MR) is 76.9 cm³/mol. The summed E-state index contributed by atoms with van der Waals surface area (Å²) in [5.74, 6) is 2.88. The van der Waals surface area contributed by atoms with Gasteiger partial charge in [-0.15, -0.1) is 0 Å². The number of piperazine rings is 1. The molecule has 1 unspecified atom stereocenters. The van der Waals surface area contributed by atoms with Crippen LogP contribution in [0.4, 0.5) is 0 Å². The molecule has 2 aliphatic carbocycles. The molecule has 4 nitrogen and oxygen atoms in total.